The van der Waals surface area contributed by atoms with Crippen LogP contribution in [0, 0.1) is 0 Å². The lowest BCUT2D eigenvalue weighted by molar-refractivity contribution is 0.0838. The molecule has 0 spiro atoms. The minimum atomic E-state index is -0.632. The fraction of sp³-hybridized carbons (Fsp3) is 0.500. The standard InChI is InChI=1S/C22H30N6O2/c1-27-8-7-18(13-27)26-21-10-20(24-15-25-21)22(30)23-11-19(29)14-28-9-6-16-4-2-3-5-17(16)12-28/h2-5,10,15,18-19,29H,6-9,11-14H2,1H3,(H,23,30)(H,24,25,26)/t18?,19-/m0/s1. The molecular weight excluding hydrogens is 380 g/mol. The Bertz CT molecular complexity index is 876. The van der Waals surface area contributed by atoms with E-state index in [0.29, 0.717) is 24.1 Å². The van der Waals surface area contributed by atoms with Crippen molar-refractivity contribution in [1.29, 1.82) is 0 Å². The molecule has 0 radical (unpaired) electrons. The predicted octanol–water partition coefficient (Wildman–Crippen LogP) is 0.742. The number of rotatable bonds is 7. The first-order valence-electron chi connectivity index (χ1n) is 10.6. The van der Waals surface area contributed by atoms with Gasteiger partial charge in [0.1, 0.15) is 17.8 Å². The second-order valence-corrected chi connectivity index (χ2v) is 8.30. The molecule has 1 amide bonds. The van der Waals surface area contributed by atoms with Crippen LogP contribution in [0.25, 0.3) is 0 Å². The van der Waals surface area contributed by atoms with Gasteiger partial charge in [-0.05, 0) is 37.6 Å². The normalized spacial score (nSPS) is 20.5. The fourth-order valence-corrected chi connectivity index (χ4v) is 4.20. The molecule has 0 bridgehead atoms. The van der Waals surface area contributed by atoms with E-state index in [9.17, 15) is 9.90 Å². The zero-order chi connectivity index (χ0) is 20.9. The molecule has 1 aromatic heterocycles. The number of hydrogen-bond acceptors (Lipinski definition) is 7. The van der Waals surface area contributed by atoms with Crippen molar-refractivity contribution in [2.75, 3.05) is 45.1 Å². The summed E-state index contributed by atoms with van der Waals surface area (Å²) in [6.45, 7) is 4.48. The molecule has 8 heteroatoms. The molecule has 2 aromatic rings. The molecule has 1 aromatic carbocycles. The monoisotopic (exact) mass is 410 g/mol. The Morgan fingerprint density at radius 2 is 2.10 bits per heavy atom. The zero-order valence-electron chi connectivity index (χ0n) is 17.4. The van der Waals surface area contributed by atoms with Crippen LogP contribution in [0.4, 0.5) is 5.82 Å². The van der Waals surface area contributed by atoms with Crippen LogP contribution in [0.3, 0.4) is 0 Å². The lowest BCUT2D eigenvalue weighted by Crippen LogP contribution is -2.42. The van der Waals surface area contributed by atoms with Crippen molar-refractivity contribution in [2.45, 2.75) is 31.5 Å². The average molecular weight is 411 g/mol. The molecule has 3 N–H and O–H groups in total. The molecule has 8 nitrogen and oxygen atoms in total. The van der Waals surface area contributed by atoms with Crippen molar-refractivity contribution in [1.82, 2.24) is 25.1 Å². The van der Waals surface area contributed by atoms with Gasteiger partial charge in [-0.15, -0.1) is 0 Å². The number of hydrogen-bond donors (Lipinski definition) is 3. The van der Waals surface area contributed by atoms with Crippen LogP contribution in [0.15, 0.2) is 36.7 Å². The van der Waals surface area contributed by atoms with E-state index in [4.69, 9.17) is 0 Å². The van der Waals surface area contributed by atoms with Gasteiger partial charge in [-0.3, -0.25) is 9.69 Å². The highest BCUT2D eigenvalue weighted by atomic mass is 16.3. The summed E-state index contributed by atoms with van der Waals surface area (Å²) in [5, 5.41) is 16.6. The number of carbonyl (C=O) groups is 1. The Morgan fingerprint density at radius 1 is 1.27 bits per heavy atom. The van der Waals surface area contributed by atoms with Gasteiger partial charge in [0.15, 0.2) is 0 Å². The molecule has 30 heavy (non-hydrogen) atoms. The first-order chi connectivity index (χ1) is 14.6. The van der Waals surface area contributed by atoms with Crippen LogP contribution in [0.2, 0.25) is 0 Å². The summed E-state index contributed by atoms with van der Waals surface area (Å²) < 4.78 is 0. The van der Waals surface area contributed by atoms with Gasteiger partial charge in [-0.1, -0.05) is 24.3 Å². The molecule has 2 atom stereocenters. The van der Waals surface area contributed by atoms with E-state index in [1.54, 1.807) is 6.07 Å². The van der Waals surface area contributed by atoms with E-state index in [1.165, 1.54) is 17.5 Å². The Morgan fingerprint density at radius 3 is 2.90 bits per heavy atom. The number of fused-ring (bicyclic) bond motifs is 1. The van der Waals surface area contributed by atoms with Gasteiger partial charge in [-0.25, -0.2) is 9.97 Å². The highest BCUT2D eigenvalue weighted by molar-refractivity contribution is 5.92. The summed E-state index contributed by atoms with van der Waals surface area (Å²) in [7, 11) is 2.09. The number of β-amino-alcohol motifs (C(OH)–C–C–N with tert-alkyl or cyclic N) is 1. The maximum Gasteiger partial charge on any atom is 0.270 e. The predicted molar refractivity (Wildman–Crippen MR) is 115 cm³/mol. The third-order valence-electron chi connectivity index (χ3n) is 5.82. The SMILES string of the molecule is CN1CCC(Nc2cc(C(=O)NC[C@H](O)CN3CCc4ccccc4C3)ncn2)C1. The summed E-state index contributed by atoms with van der Waals surface area (Å²) in [6, 6.07) is 10.4. The number of aromatic nitrogens is 2. The van der Waals surface area contributed by atoms with Gasteiger partial charge in [0.25, 0.3) is 5.91 Å². The van der Waals surface area contributed by atoms with Crippen LogP contribution in [0.1, 0.15) is 28.0 Å². The van der Waals surface area contributed by atoms with Crippen LogP contribution in [-0.4, -0.2) is 82.7 Å². The van der Waals surface area contributed by atoms with Gasteiger partial charge in [0.2, 0.25) is 0 Å². The number of likely N-dealkylation sites (tertiary alicyclic amines) is 1. The number of nitrogens with zero attached hydrogens (tertiary/aromatic N) is 4. The molecule has 1 saturated heterocycles. The maximum atomic E-state index is 12.5. The Balaban J connectivity index is 1.25. The van der Waals surface area contributed by atoms with E-state index >= 15 is 0 Å². The number of nitrogens with one attached hydrogen (secondary N) is 2. The lowest BCUT2D eigenvalue weighted by Gasteiger charge is -2.30. The number of aliphatic hydroxyl groups is 1. The highest BCUT2D eigenvalue weighted by Gasteiger charge is 2.21. The number of benzene rings is 1. The van der Waals surface area contributed by atoms with Crippen molar-refractivity contribution in [2.24, 2.45) is 0 Å². The molecule has 0 saturated carbocycles. The van der Waals surface area contributed by atoms with Crippen LogP contribution >= 0.6 is 0 Å². The summed E-state index contributed by atoms with van der Waals surface area (Å²) in [5.41, 5.74) is 3.00. The van der Waals surface area contributed by atoms with Gasteiger partial charge in [0, 0.05) is 44.8 Å². The minimum absolute atomic E-state index is 0.192. The molecule has 1 unspecified atom stereocenters. The minimum Gasteiger partial charge on any atom is -0.390 e. The number of amides is 1. The number of aliphatic hydroxyl groups excluding tert-OH is 1. The zero-order valence-corrected chi connectivity index (χ0v) is 17.4. The molecule has 160 valence electrons. The van der Waals surface area contributed by atoms with Gasteiger partial charge in [-0.2, -0.15) is 0 Å². The van der Waals surface area contributed by atoms with Gasteiger partial charge in [0.05, 0.1) is 6.10 Å². The second-order valence-electron chi connectivity index (χ2n) is 8.30. The topological polar surface area (TPSA) is 93.6 Å². The van der Waals surface area contributed by atoms with Crippen molar-refractivity contribution in [3.05, 3.63) is 53.5 Å². The largest absolute Gasteiger partial charge is 0.390 e. The molecule has 1 fully saturated rings. The quantitative estimate of drug-likeness (QED) is 0.620. The van der Waals surface area contributed by atoms with Crippen molar-refractivity contribution < 1.29 is 9.90 Å². The van der Waals surface area contributed by atoms with Crippen LogP contribution < -0.4 is 10.6 Å². The summed E-state index contributed by atoms with van der Waals surface area (Å²) in [6.07, 6.45) is 2.81. The Hall–Kier alpha value is -2.55. The van der Waals surface area contributed by atoms with E-state index in [-0.39, 0.29) is 12.5 Å². The third kappa shape index (κ3) is 5.33. The van der Waals surface area contributed by atoms with E-state index in [0.717, 1.165) is 39.0 Å². The fourth-order valence-electron chi connectivity index (χ4n) is 4.20. The Kier molecular flexibility index (Phi) is 6.56. The van der Waals surface area contributed by atoms with Crippen molar-refractivity contribution >= 4 is 11.7 Å². The van der Waals surface area contributed by atoms with Crippen molar-refractivity contribution in [3.63, 3.8) is 0 Å². The van der Waals surface area contributed by atoms with E-state index < -0.39 is 6.10 Å². The molecule has 0 aliphatic carbocycles. The van der Waals surface area contributed by atoms with Gasteiger partial charge < -0.3 is 20.6 Å². The third-order valence-corrected chi connectivity index (χ3v) is 5.82. The second kappa shape index (κ2) is 9.51. The average Bonchev–Trinajstić information content (AvgIpc) is 3.16. The van der Waals surface area contributed by atoms with E-state index in [2.05, 4.69) is 61.7 Å². The van der Waals surface area contributed by atoms with Crippen LogP contribution in [-0.2, 0) is 13.0 Å². The molecule has 3 heterocycles. The van der Waals surface area contributed by atoms with Gasteiger partial charge >= 0.3 is 0 Å². The molecule has 2 aliphatic rings. The lowest BCUT2D eigenvalue weighted by atomic mass is 10.00. The summed E-state index contributed by atoms with van der Waals surface area (Å²) >= 11 is 0. The molecular formula is C22H30N6O2. The van der Waals surface area contributed by atoms with Crippen molar-refractivity contribution in [3.8, 4) is 0 Å². The highest BCUT2D eigenvalue weighted by Crippen LogP contribution is 2.18. The Labute approximate surface area is 177 Å². The number of carbonyl (C=O) groups excluding carboxylic acids is 1. The summed E-state index contributed by atoms with van der Waals surface area (Å²) in [4.78, 5) is 25.3. The maximum absolute atomic E-state index is 12.5. The summed E-state index contributed by atoms with van der Waals surface area (Å²) in [5.74, 6) is 0.356. The van der Waals surface area contributed by atoms with E-state index in [1.807, 2.05) is 0 Å². The molecule has 2 aliphatic heterocycles. The number of anilines is 1. The first kappa shape index (κ1) is 20.7. The smallest absolute Gasteiger partial charge is 0.270 e. The first-order valence-corrected chi connectivity index (χ1v) is 10.6. The molecule has 4 rings (SSSR count). The number of likely N-dealkylation sites (N-methyl/N-ethyl adjacent to an activating group) is 1. The van der Waals surface area contributed by atoms with Crippen LogP contribution in [0.5, 0.6) is 0 Å².